The van der Waals surface area contributed by atoms with E-state index in [9.17, 15) is 5.11 Å². The average Bonchev–Trinajstić information content (AvgIpc) is 3.07. The number of oxazole rings is 1. The molecule has 1 aliphatic rings. The van der Waals surface area contributed by atoms with E-state index in [1.165, 1.54) is 4.90 Å². The fourth-order valence-corrected chi connectivity index (χ4v) is 3.61. The molecule has 2 N–H and O–H groups in total. The molecule has 3 aromatic rings. The number of para-hydroxylation sites is 2. The molecule has 4 nitrogen and oxygen atoms in total. The zero-order chi connectivity index (χ0) is 16.4. The third kappa shape index (κ3) is 3.21. The number of aliphatic hydroxyl groups is 1. The molecule has 0 aliphatic carbocycles. The van der Waals surface area contributed by atoms with Crippen molar-refractivity contribution in [2.45, 2.75) is 24.9 Å². The van der Waals surface area contributed by atoms with Crippen molar-refractivity contribution < 1.29 is 14.4 Å². The van der Waals surface area contributed by atoms with E-state index >= 15 is 0 Å². The Morgan fingerprint density at radius 1 is 1.04 bits per heavy atom. The van der Waals surface area contributed by atoms with Gasteiger partial charge in [-0.05, 0) is 17.7 Å². The third-order valence-electron chi connectivity index (χ3n) is 5.02. The second-order valence-corrected chi connectivity index (χ2v) is 6.67. The summed E-state index contributed by atoms with van der Waals surface area (Å²) < 4.78 is 5.92. The summed E-state index contributed by atoms with van der Waals surface area (Å²) in [6.45, 7) is 2.87. The number of hydrogen-bond donors (Lipinski definition) is 2. The molecular formula is C20H23N2O2+. The summed E-state index contributed by atoms with van der Waals surface area (Å²) in [6.07, 6.45) is 1.73. The Labute approximate surface area is 141 Å². The van der Waals surface area contributed by atoms with Crippen LogP contribution in [0.4, 0.5) is 0 Å². The van der Waals surface area contributed by atoms with Crippen molar-refractivity contribution in [2.75, 3.05) is 19.6 Å². The van der Waals surface area contributed by atoms with Gasteiger partial charge in [0.05, 0.1) is 13.1 Å². The van der Waals surface area contributed by atoms with Crippen LogP contribution in [0.25, 0.3) is 11.1 Å². The van der Waals surface area contributed by atoms with Gasteiger partial charge >= 0.3 is 0 Å². The van der Waals surface area contributed by atoms with Crippen LogP contribution in [0.1, 0.15) is 36.3 Å². The Bertz CT molecular complexity index is 759. The molecule has 4 heteroatoms. The summed E-state index contributed by atoms with van der Waals surface area (Å²) in [5, 5.41) is 10.4. The minimum Gasteiger partial charge on any atom is -0.440 e. The van der Waals surface area contributed by atoms with Crippen molar-refractivity contribution in [2.24, 2.45) is 0 Å². The van der Waals surface area contributed by atoms with Crippen molar-refractivity contribution in [3.8, 4) is 0 Å². The number of hydrogen-bond acceptors (Lipinski definition) is 3. The monoisotopic (exact) mass is 323 g/mol. The summed E-state index contributed by atoms with van der Waals surface area (Å²) in [7, 11) is 0. The van der Waals surface area contributed by atoms with Gasteiger partial charge in [0.15, 0.2) is 11.5 Å². The van der Waals surface area contributed by atoms with Crippen LogP contribution < -0.4 is 4.90 Å². The molecule has 1 fully saturated rings. The van der Waals surface area contributed by atoms with Gasteiger partial charge in [-0.15, -0.1) is 0 Å². The Kier molecular flexibility index (Phi) is 4.32. The Morgan fingerprint density at radius 3 is 2.50 bits per heavy atom. The predicted octanol–water partition coefficient (Wildman–Crippen LogP) is 2.32. The molecule has 1 saturated heterocycles. The molecule has 1 aromatic heterocycles. The van der Waals surface area contributed by atoms with Gasteiger partial charge in [0, 0.05) is 18.8 Å². The van der Waals surface area contributed by atoms with Crippen LogP contribution in [0.5, 0.6) is 0 Å². The first-order chi connectivity index (χ1) is 11.8. The van der Waals surface area contributed by atoms with E-state index in [1.54, 1.807) is 0 Å². The highest BCUT2D eigenvalue weighted by molar-refractivity contribution is 5.72. The number of aliphatic hydroxyl groups excluding tert-OH is 1. The first kappa shape index (κ1) is 15.4. The van der Waals surface area contributed by atoms with Gasteiger partial charge in [-0.1, -0.05) is 42.5 Å². The smallest absolute Gasteiger partial charge is 0.199 e. The molecule has 2 aromatic carbocycles. The van der Waals surface area contributed by atoms with E-state index in [2.05, 4.69) is 4.98 Å². The second kappa shape index (κ2) is 6.75. The Balaban J connectivity index is 1.36. The quantitative estimate of drug-likeness (QED) is 0.775. The van der Waals surface area contributed by atoms with Gasteiger partial charge in [-0.25, -0.2) is 4.98 Å². The van der Waals surface area contributed by atoms with Gasteiger partial charge in [-0.3, -0.25) is 0 Å². The van der Waals surface area contributed by atoms with Crippen LogP contribution in [0.15, 0.2) is 59.0 Å². The molecule has 0 amide bonds. The van der Waals surface area contributed by atoms with Crippen molar-refractivity contribution in [3.05, 3.63) is 66.1 Å². The van der Waals surface area contributed by atoms with Gasteiger partial charge in [-0.2, -0.15) is 0 Å². The standard InChI is InChI=1S/C20H22N2O2/c23-18(15-6-2-1-3-7-15)14-22-12-10-16(11-13-22)20-21-17-8-4-5-9-19(17)24-20/h1-9,16,18,23H,10-14H2/p+1/t18-/m1/s1. The van der Waals surface area contributed by atoms with Gasteiger partial charge in [0.1, 0.15) is 18.2 Å². The minimum absolute atomic E-state index is 0.387. The van der Waals surface area contributed by atoms with Crippen LogP contribution in [0.2, 0.25) is 0 Å². The maximum Gasteiger partial charge on any atom is 0.199 e. The highest BCUT2D eigenvalue weighted by Crippen LogP contribution is 2.26. The summed E-state index contributed by atoms with van der Waals surface area (Å²) in [5.41, 5.74) is 2.83. The minimum atomic E-state index is -0.387. The third-order valence-corrected chi connectivity index (χ3v) is 5.02. The topological polar surface area (TPSA) is 50.7 Å². The summed E-state index contributed by atoms with van der Waals surface area (Å²) in [4.78, 5) is 6.10. The molecule has 0 unspecified atom stereocenters. The van der Waals surface area contributed by atoms with Crippen molar-refractivity contribution in [1.29, 1.82) is 0 Å². The predicted molar refractivity (Wildman–Crippen MR) is 92.9 cm³/mol. The van der Waals surface area contributed by atoms with E-state index in [0.29, 0.717) is 5.92 Å². The fourth-order valence-electron chi connectivity index (χ4n) is 3.61. The van der Waals surface area contributed by atoms with E-state index in [1.807, 2.05) is 54.6 Å². The van der Waals surface area contributed by atoms with Gasteiger partial charge in [0.25, 0.3) is 0 Å². The molecule has 0 radical (unpaired) electrons. The lowest BCUT2D eigenvalue weighted by atomic mass is 9.96. The van der Waals surface area contributed by atoms with Crippen molar-refractivity contribution in [1.82, 2.24) is 4.98 Å². The molecule has 1 aliphatic heterocycles. The maximum atomic E-state index is 10.4. The number of aromatic nitrogens is 1. The number of rotatable bonds is 4. The molecule has 0 spiro atoms. The largest absolute Gasteiger partial charge is 0.440 e. The fraction of sp³-hybridized carbons (Fsp3) is 0.350. The van der Waals surface area contributed by atoms with Crippen LogP contribution in [-0.4, -0.2) is 29.7 Å². The highest BCUT2D eigenvalue weighted by atomic mass is 16.3. The molecule has 2 heterocycles. The maximum absolute atomic E-state index is 10.4. The number of benzene rings is 2. The van der Waals surface area contributed by atoms with Crippen molar-refractivity contribution >= 4 is 11.1 Å². The number of likely N-dealkylation sites (tertiary alicyclic amines) is 1. The molecule has 4 rings (SSSR count). The Hall–Kier alpha value is -2.17. The van der Waals surface area contributed by atoms with E-state index in [4.69, 9.17) is 4.42 Å². The lowest BCUT2D eigenvalue weighted by Gasteiger charge is -2.29. The number of quaternary nitrogens is 1. The zero-order valence-electron chi connectivity index (χ0n) is 13.7. The summed E-state index contributed by atoms with van der Waals surface area (Å²) in [5.74, 6) is 1.27. The number of fused-ring (bicyclic) bond motifs is 1. The van der Waals surface area contributed by atoms with Crippen LogP contribution in [0.3, 0.4) is 0 Å². The van der Waals surface area contributed by atoms with Crippen molar-refractivity contribution in [3.63, 3.8) is 0 Å². The SMILES string of the molecule is O[C@H](C[NH+]1CCC(c2nc3ccccc3o2)CC1)c1ccccc1. The molecule has 0 saturated carbocycles. The van der Waals surface area contributed by atoms with E-state index < -0.39 is 0 Å². The molecule has 24 heavy (non-hydrogen) atoms. The van der Waals surface area contributed by atoms with E-state index in [0.717, 1.165) is 55.0 Å². The number of nitrogens with zero attached hydrogens (tertiary/aromatic N) is 1. The molecule has 1 atom stereocenters. The molecule has 0 bridgehead atoms. The summed E-state index contributed by atoms with van der Waals surface area (Å²) in [6, 6.07) is 17.9. The van der Waals surface area contributed by atoms with Crippen LogP contribution >= 0.6 is 0 Å². The highest BCUT2D eigenvalue weighted by Gasteiger charge is 2.28. The van der Waals surface area contributed by atoms with Crippen LogP contribution in [-0.2, 0) is 0 Å². The number of piperidine rings is 1. The zero-order valence-corrected chi connectivity index (χ0v) is 13.7. The summed E-state index contributed by atoms with van der Waals surface area (Å²) >= 11 is 0. The number of nitrogens with one attached hydrogen (secondary N) is 1. The Morgan fingerprint density at radius 2 is 1.75 bits per heavy atom. The average molecular weight is 323 g/mol. The first-order valence-electron chi connectivity index (χ1n) is 8.71. The lowest BCUT2D eigenvalue weighted by Crippen LogP contribution is -3.13. The normalized spacial score (nSPS) is 22.5. The van der Waals surface area contributed by atoms with Crippen LogP contribution in [0, 0.1) is 0 Å². The first-order valence-corrected chi connectivity index (χ1v) is 8.71. The van der Waals surface area contributed by atoms with Gasteiger partial charge in [0.2, 0.25) is 0 Å². The molecular weight excluding hydrogens is 300 g/mol. The second-order valence-electron chi connectivity index (χ2n) is 6.67. The molecule has 124 valence electrons. The lowest BCUT2D eigenvalue weighted by molar-refractivity contribution is -0.909. The van der Waals surface area contributed by atoms with Gasteiger partial charge < -0.3 is 14.4 Å². The van der Waals surface area contributed by atoms with E-state index in [-0.39, 0.29) is 6.10 Å².